The van der Waals surface area contributed by atoms with E-state index < -0.39 is 6.04 Å². The smallest absolute Gasteiger partial charge is 0.220 e. The van der Waals surface area contributed by atoms with Crippen LogP contribution in [0.5, 0.6) is 5.75 Å². The van der Waals surface area contributed by atoms with Gasteiger partial charge in [-0.2, -0.15) is 0 Å². The monoisotopic (exact) mass is 287 g/mol. The molecule has 0 saturated carbocycles. The number of hydrogen-bond donors (Lipinski definition) is 3. The van der Waals surface area contributed by atoms with Crippen molar-refractivity contribution < 1.29 is 14.7 Å². The summed E-state index contributed by atoms with van der Waals surface area (Å²) in [6, 6.07) is 5.99. The Morgan fingerprint density at radius 2 is 2.14 bits per heavy atom. The van der Waals surface area contributed by atoms with Crippen LogP contribution in [0.15, 0.2) is 36.8 Å². The highest BCUT2D eigenvalue weighted by Crippen LogP contribution is 2.11. The third-order valence-electron chi connectivity index (χ3n) is 3.08. The van der Waals surface area contributed by atoms with Crippen LogP contribution >= 0.6 is 0 Å². The van der Waals surface area contributed by atoms with Crippen LogP contribution in [0, 0.1) is 0 Å². The number of nitrogens with one attached hydrogen (secondary N) is 2. The minimum atomic E-state index is -0.566. The summed E-state index contributed by atoms with van der Waals surface area (Å²) in [4.78, 5) is 29.7. The molecule has 1 aromatic heterocycles. The summed E-state index contributed by atoms with van der Waals surface area (Å²) in [5, 5.41) is 11.9. The van der Waals surface area contributed by atoms with E-state index in [0.29, 0.717) is 19.3 Å². The van der Waals surface area contributed by atoms with Crippen LogP contribution in [-0.2, 0) is 22.4 Å². The first-order valence-electron chi connectivity index (χ1n) is 6.67. The van der Waals surface area contributed by atoms with Crippen molar-refractivity contribution >= 4 is 12.2 Å². The lowest BCUT2D eigenvalue weighted by molar-refractivity contribution is -0.124. The number of aromatic nitrogens is 2. The number of carbonyl (C=O) groups is 2. The summed E-state index contributed by atoms with van der Waals surface area (Å²) in [5.41, 5.74) is 1.75. The highest BCUT2D eigenvalue weighted by atomic mass is 16.3. The van der Waals surface area contributed by atoms with Crippen LogP contribution in [-0.4, -0.2) is 33.3 Å². The van der Waals surface area contributed by atoms with Gasteiger partial charge in [-0.3, -0.25) is 4.79 Å². The number of aromatic amines is 1. The zero-order valence-electron chi connectivity index (χ0n) is 11.5. The number of H-pyrrole nitrogens is 1. The van der Waals surface area contributed by atoms with Crippen molar-refractivity contribution in [3.05, 3.63) is 48.0 Å². The number of aromatic hydroxyl groups is 1. The number of nitrogens with zero attached hydrogens (tertiary/aromatic N) is 1. The largest absolute Gasteiger partial charge is 0.508 e. The molecule has 110 valence electrons. The lowest BCUT2D eigenvalue weighted by Crippen LogP contribution is -2.37. The molecule has 0 fully saturated rings. The number of aldehydes is 1. The van der Waals surface area contributed by atoms with Gasteiger partial charge in [-0.15, -0.1) is 0 Å². The predicted octanol–water partition coefficient (Wildman–Crippen LogP) is 0.974. The Kier molecular flexibility index (Phi) is 5.09. The second-order valence-electron chi connectivity index (χ2n) is 4.76. The maximum absolute atomic E-state index is 11.8. The zero-order valence-corrected chi connectivity index (χ0v) is 11.5. The first-order chi connectivity index (χ1) is 10.2. The molecule has 0 bridgehead atoms. The zero-order chi connectivity index (χ0) is 15.1. The summed E-state index contributed by atoms with van der Waals surface area (Å²) in [5.74, 6) is -0.00882. The van der Waals surface area contributed by atoms with Crippen molar-refractivity contribution in [1.29, 1.82) is 0 Å². The van der Waals surface area contributed by atoms with E-state index in [0.717, 1.165) is 17.5 Å². The van der Waals surface area contributed by atoms with Crippen LogP contribution in [0.4, 0.5) is 0 Å². The molecule has 1 atom stereocenters. The maximum atomic E-state index is 11.8. The summed E-state index contributed by atoms with van der Waals surface area (Å²) >= 11 is 0. The van der Waals surface area contributed by atoms with E-state index in [1.807, 2.05) is 0 Å². The Morgan fingerprint density at radius 3 is 2.76 bits per heavy atom. The lowest BCUT2D eigenvalue weighted by Gasteiger charge is -2.12. The van der Waals surface area contributed by atoms with Crippen LogP contribution in [0.1, 0.15) is 17.7 Å². The molecule has 2 aromatic rings. The highest BCUT2D eigenvalue weighted by Gasteiger charge is 2.12. The van der Waals surface area contributed by atoms with Crippen molar-refractivity contribution in [2.24, 2.45) is 0 Å². The fraction of sp³-hybridized carbons (Fsp3) is 0.267. The van der Waals surface area contributed by atoms with E-state index in [2.05, 4.69) is 15.3 Å². The third kappa shape index (κ3) is 4.76. The Hall–Kier alpha value is -2.63. The van der Waals surface area contributed by atoms with Crippen molar-refractivity contribution in [3.8, 4) is 5.75 Å². The predicted molar refractivity (Wildman–Crippen MR) is 76.7 cm³/mol. The average molecular weight is 287 g/mol. The first kappa shape index (κ1) is 14.8. The molecule has 0 aliphatic carbocycles. The normalized spacial score (nSPS) is 11.8. The molecule has 21 heavy (non-hydrogen) atoms. The number of aryl methyl sites for hydroxylation is 1. The average Bonchev–Trinajstić information content (AvgIpc) is 3.00. The molecule has 2 rings (SSSR count). The number of benzene rings is 1. The van der Waals surface area contributed by atoms with Gasteiger partial charge < -0.3 is 20.2 Å². The summed E-state index contributed by atoms with van der Waals surface area (Å²) < 4.78 is 0. The van der Waals surface area contributed by atoms with E-state index in [4.69, 9.17) is 0 Å². The molecule has 1 unspecified atom stereocenters. The van der Waals surface area contributed by atoms with Gasteiger partial charge in [0.1, 0.15) is 12.0 Å². The van der Waals surface area contributed by atoms with Crippen molar-refractivity contribution in [3.63, 3.8) is 0 Å². The Balaban J connectivity index is 1.82. The minimum absolute atomic E-state index is 0.171. The Labute approximate surface area is 122 Å². The van der Waals surface area contributed by atoms with Gasteiger partial charge in [-0.25, -0.2) is 4.98 Å². The summed E-state index contributed by atoms with van der Waals surface area (Å²) in [6.45, 7) is 0. The minimum Gasteiger partial charge on any atom is -0.508 e. The third-order valence-corrected chi connectivity index (χ3v) is 3.08. The van der Waals surface area contributed by atoms with Crippen molar-refractivity contribution in [1.82, 2.24) is 15.3 Å². The topological polar surface area (TPSA) is 95.1 Å². The molecule has 1 amide bonds. The quantitative estimate of drug-likeness (QED) is 0.661. The van der Waals surface area contributed by atoms with Crippen molar-refractivity contribution in [2.45, 2.75) is 25.3 Å². The number of imidazole rings is 1. The Bertz CT molecular complexity index is 579. The van der Waals surface area contributed by atoms with Gasteiger partial charge in [-0.1, -0.05) is 12.1 Å². The van der Waals surface area contributed by atoms with Gasteiger partial charge in [0, 0.05) is 18.3 Å². The Morgan fingerprint density at radius 1 is 1.38 bits per heavy atom. The van der Waals surface area contributed by atoms with Crippen LogP contribution in [0.3, 0.4) is 0 Å². The number of rotatable bonds is 7. The number of hydrogen-bond acceptors (Lipinski definition) is 4. The maximum Gasteiger partial charge on any atom is 0.220 e. The fourth-order valence-electron chi connectivity index (χ4n) is 1.97. The molecular weight excluding hydrogens is 270 g/mol. The van der Waals surface area contributed by atoms with Gasteiger partial charge in [0.15, 0.2) is 0 Å². The molecule has 1 aromatic carbocycles. The molecule has 0 aliphatic heterocycles. The van der Waals surface area contributed by atoms with Crippen LogP contribution in [0.25, 0.3) is 0 Å². The number of carbonyl (C=O) groups excluding carboxylic acids is 2. The molecule has 1 heterocycles. The SMILES string of the molecule is O=CC(Cc1ccc(O)cc1)NC(=O)CCc1cnc[nH]1. The van der Waals surface area contributed by atoms with Gasteiger partial charge >= 0.3 is 0 Å². The molecule has 3 N–H and O–H groups in total. The standard InChI is InChI=1S/C15H17N3O3/c19-9-13(7-11-1-4-14(20)5-2-11)18-15(21)6-3-12-8-16-10-17-12/h1-2,4-5,8-10,13,20H,3,6-7H2,(H,16,17)(H,18,21). The van der Waals surface area contributed by atoms with Gasteiger partial charge in [-0.05, 0) is 30.5 Å². The first-order valence-corrected chi connectivity index (χ1v) is 6.67. The summed E-state index contributed by atoms with van der Waals surface area (Å²) in [6.07, 6.45) is 5.20. The van der Waals surface area contributed by atoms with Gasteiger partial charge in [0.05, 0.1) is 12.4 Å². The molecule has 0 radical (unpaired) electrons. The molecule has 6 heteroatoms. The fourth-order valence-corrected chi connectivity index (χ4v) is 1.97. The second kappa shape index (κ2) is 7.23. The highest BCUT2D eigenvalue weighted by molar-refractivity contribution is 5.79. The molecule has 0 spiro atoms. The lowest BCUT2D eigenvalue weighted by atomic mass is 10.1. The number of phenols is 1. The van der Waals surface area contributed by atoms with Crippen LogP contribution < -0.4 is 5.32 Å². The number of phenolic OH excluding ortho intramolecular Hbond substituents is 1. The van der Waals surface area contributed by atoms with E-state index in [1.54, 1.807) is 36.8 Å². The molecular formula is C15H17N3O3. The van der Waals surface area contributed by atoms with Crippen molar-refractivity contribution in [2.75, 3.05) is 0 Å². The molecule has 0 aliphatic rings. The van der Waals surface area contributed by atoms with E-state index in [1.165, 1.54) is 0 Å². The molecule has 0 saturated heterocycles. The van der Waals surface area contributed by atoms with Gasteiger partial charge in [0.25, 0.3) is 0 Å². The number of amides is 1. The van der Waals surface area contributed by atoms with Crippen LogP contribution in [0.2, 0.25) is 0 Å². The summed E-state index contributed by atoms with van der Waals surface area (Å²) in [7, 11) is 0. The van der Waals surface area contributed by atoms with E-state index >= 15 is 0 Å². The molecule has 6 nitrogen and oxygen atoms in total. The van der Waals surface area contributed by atoms with E-state index in [9.17, 15) is 14.7 Å². The van der Waals surface area contributed by atoms with E-state index in [-0.39, 0.29) is 11.7 Å². The van der Waals surface area contributed by atoms with Gasteiger partial charge in [0.2, 0.25) is 5.91 Å². The second-order valence-corrected chi connectivity index (χ2v) is 4.76.